The number of carbonyl (C=O) groups is 1. The number of halogens is 3. The summed E-state index contributed by atoms with van der Waals surface area (Å²) in [5, 5.41) is 13.4. The first kappa shape index (κ1) is 18.0. The van der Waals surface area contributed by atoms with Gasteiger partial charge in [0.2, 0.25) is 0 Å². The SMILES string of the molecule is O=C(NCC[C@@H](O)c1cc2ccccc2o1)c1ccccc1C(F)(F)F. The fourth-order valence-corrected chi connectivity index (χ4v) is 2.65. The third kappa shape index (κ3) is 3.88. The number of nitrogens with one attached hydrogen (secondary N) is 1. The molecule has 7 heteroatoms. The number of aliphatic hydroxyl groups is 1. The zero-order chi connectivity index (χ0) is 18.7. The molecule has 1 heterocycles. The van der Waals surface area contributed by atoms with Crippen LogP contribution in [0, 0.1) is 0 Å². The average Bonchev–Trinajstić information content (AvgIpc) is 3.05. The van der Waals surface area contributed by atoms with E-state index < -0.39 is 29.3 Å². The average molecular weight is 363 g/mol. The largest absolute Gasteiger partial charge is 0.458 e. The zero-order valence-electron chi connectivity index (χ0n) is 13.6. The van der Waals surface area contributed by atoms with Crippen molar-refractivity contribution in [1.29, 1.82) is 0 Å². The molecule has 2 aromatic carbocycles. The summed E-state index contributed by atoms with van der Waals surface area (Å²) in [4.78, 5) is 12.1. The van der Waals surface area contributed by atoms with Crippen LogP contribution >= 0.6 is 0 Å². The Kier molecular flexibility index (Phi) is 4.99. The molecule has 3 rings (SSSR count). The number of para-hydroxylation sites is 1. The Balaban J connectivity index is 1.62. The molecule has 0 saturated heterocycles. The van der Waals surface area contributed by atoms with E-state index in [1.165, 1.54) is 12.1 Å². The van der Waals surface area contributed by atoms with Crippen LogP contribution in [-0.4, -0.2) is 17.6 Å². The van der Waals surface area contributed by atoms with Gasteiger partial charge >= 0.3 is 6.18 Å². The predicted molar refractivity (Wildman–Crippen MR) is 89.6 cm³/mol. The van der Waals surface area contributed by atoms with Crippen molar-refractivity contribution in [3.05, 3.63) is 71.5 Å². The van der Waals surface area contributed by atoms with Crippen molar-refractivity contribution in [3.8, 4) is 0 Å². The van der Waals surface area contributed by atoms with Crippen LogP contribution in [0.2, 0.25) is 0 Å². The van der Waals surface area contributed by atoms with E-state index >= 15 is 0 Å². The van der Waals surface area contributed by atoms with Gasteiger partial charge in [0.05, 0.1) is 11.1 Å². The van der Waals surface area contributed by atoms with Crippen molar-refractivity contribution in [2.24, 2.45) is 0 Å². The van der Waals surface area contributed by atoms with Crippen LogP contribution in [0.3, 0.4) is 0 Å². The zero-order valence-corrected chi connectivity index (χ0v) is 13.6. The number of hydrogen-bond donors (Lipinski definition) is 2. The van der Waals surface area contributed by atoms with Crippen molar-refractivity contribution in [2.45, 2.75) is 18.7 Å². The summed E-state index contributed by atoms with van der Waals surface area (Å²) in [6.45, 7) is 0.00321. The van der Waals surface area contributed by atoms with Gasteiger partial charge in [-0.1, -0.05) is 30.3 Å². The lowest BCUT2D eigenvalue weighted by Gasteiger charge is -2.13. The summed E-state index contributed by atoms with van der Waals surface area (Å²) in [7, 11) is 0. The van der Waals surface area contributed by atoms with Gasteiger partial charge in [0.25, 0.3) is 5.91 Å². The number of fused-ring (bicyclic) bond motifs is 1. The number of carbonyl (C=O) groups excluding carboxylic acids is 1. The van der Waals surface area contributed by atoms with Gasteiger partial charge in [-0.15, -0.1) is 0 Å². The molecule has 0 aliphatic heterocycles. The Hall–Kier alpha value is -2.80. The molecule has 0 unspecified atom stereocenters. The van der Waals surface area contributed by atoms with E-state index in [1.54, 1.807) is 18.2 Å². The van der Waals surface area contributed by atoms with Gasteiger partial charge in [-0.25, -0.2) is 0 Å². The third-order valence-corrected chi connectivity index (χ3v) is 3.95. The molecule has 0 aliphatic rings. The van der Waals surface area contributed by atoms with Gasteiger partial charge in [0, 0.05) is 11.9 Å². The molecule has 0 radical (unpaired) electrons. The molecule has 0 fully saturated rings. The number of hydrogen-bond acceptors (Lipinski definition) is 3. The molecule has 0 aliphatic carbocycles. The Morgan fingerprint density at radius 1 is 1.12 bits per heavy atom. The highest BCUT2D eigenvalue weighted by molar-refractivity contribution is 5.95. The molecule has 136 valence electrons. The quantitative estimate of drug-likeness (QED) is 0.710. The van der Waals surface area contributed by atoms with E-state index in [9.17, 15) is 23.1 Å². The Morgan fingerprint density at radius 2 is 1.81 bits per heavy atom. The van der Waals surface area contributed by atoms with Crippen LogP contribution in [-0.2, 0) is 6.18 Å². The molecule has 0 spiro atoms. The van der Waals surface area contributed by atoms with Crippen molar-refractivity contribution in [1.82, 2.24) is 5.32 Å². The van der Waals surface area contributed by atoms with Crippen molar-refractivity contribution in [3.63, 3.8) is 0 Å². The lowest BCUT2D eigenvalue weighted by Crippen LogP contribution is -2.28. The lowest BCUT2D eigenvalue weighted by atomic mass is 10.1. The van der Waals surface area contributed by atoms with Crippen LogP contribution < -0.4 is 5.32 Å². The molecule has 0 bridgehead atoms. The van der Waals surface area contributed by atoms with E-state index in [0.29, 0.717) is 11.3 Å². The van der Waals surface area contributed by atoms with Gasteiger partial charge in [0.1, 0.15) is 17.4 Å². The molecular formula is C19H16F3NO3. The van der Waals surface area contributed by atoms with E-state index in [4.69, 9.17) is 4.42 Å². The summed E-state index contributed by atoms with van der Waals surface area (Å²) in [6.07, 6.45) is -5.47. The maximum Gasteiger partial charge on any atom is 0.417 e. The van der Waals surface area contributed by atoms with Crippen molar-refractivity contribution >= 4 is 16.9 Å². The third-order valence-electron chi connectivity index (χ3n) is 3.95. The number of alkyl halides is 3. The number of amides is 1. The second-order valence-electron chi connectivity index (χ2n) is 5.79. The minimum atomic E-state index is -4.61. The molecule has 0 saturated carbocycles. The van der Waals surface area contributed by atoms with Crippen LogP contribution in [0.5, 0.6) is 0 Å². The van der Waals surface area contributed by atoms with Gasteiger partial charge in [0.15, 0.2) is 0 Å². The molecule has 4 nitrogen and oxygen atoms in total. The summed E-state index contributed by atoms with van der Waals surface area (Å²) >= 11 is 0. The smallest absolute Gasteiger partial charge is 0.417 e. The molecule has 1 amide bonds. The minimum Gasteiger partial charge on any atom is -0.458 e. The van der Waals surface area contributed by atoms with E-state index in [2.05, 4.69) is 5.32 Å². The topological polar surface area (TPSA) is 62.5 Å². The molecule has 1 atom stereocenters. The summed E-state index contributed by atoms with van der Waals surface area (Å²) < 4.78 is 44.4. The van der Waals surface area contributed by atoms with Crippen molar-refractivity contribution in [2.75, 3.05) is 6.54 Å². The first-order chi connectivity index (χ1) is 12.4. The van der Waals surface area contributed by atoms with E-state index in [1.807, 2.05) is 12.1 Å². The predicted octanol–water partition coefficient (Wildman–Crippen LogP) is 4.31. The van der Waals surface area contributed by atoms with Crippen molar-refractivity contribution < 1.29 is 27.5 Å². The monoisotopic (exact) mass is 363 g/mol. The minimum absolute atomic E-state index is 0.00321. The molecule has 3 aromatic rings. The first-order valence-corrected chi connectivity index (χ1v) is 7.97. The second kappa shape index (κ2) is 7.21. The van der Waals surface area contributed by atoms with E-state index in [-0.39, 0.29) is 13.0 Å². The standard InChI is InChI=1S/C19H16F3NO3/c20-19(21,22)14-7-3-2-6-13(14)18(25)23-10-9-15(24)17-11-12-5-1-4-8-16(12)26-17/h1-8,11,15,24H,9-10H2,(H,23,25)/t15-/m1/s1. The van der Waals surface area contributed by atoms with E-state index in [0.717, 1.165) is 17.5 Å². The fraction of sp³-hybridized carbons (Fsp3) is 0.211. The lowest BCUT2D eigenvalue weighted by molar-refractivity contribution is -0.137. The fourth-order valence-electron chi connectivity index (χ4n) is 2.65. The molecule has 2 N–H and O–H groups in total. The Morgan fingerprint density at radius 3 is 2.54 bits per heavy atom. The first-order valence-electron chi connectivity index (χ1n) is 7.97. The number of furan rings is 1. The highest BCUT2D eigenvalue weighted by Crippen LogP contribution is 2.31. The van der Waals surface area contributed by atoms with Crippen LogP contribution in [0.1, 0.15) is 34.2 Å². The normalized spacial score (nSPS) is 12.9. The highest BCUT2D eigenvalue weighted by atomic mass is 19.4. The number of rotatable bonds is 5. The number of aliphatic hydroxyl groups excluding tert-OH is 1. The molecule has 26 heavy (non-hydrogen) atoms. The van der Waals surface area contributed by atoms with Gasteiger partial charge < -0.3 is 14.8 Å². The van der Waals surface area contributed by atoms with Gasteiger partial charge in [-0.05, 0) is 30.7 Å². The Labute approximate surface area is 147 Å². The highest BCUT2D eigenvalue weighted by Gasteiger charge is 2.34. The maximum atomic E-state index is 12.9. The Bertz CT molecular complexity index is 885. The second-order valence-corrected chi connectivity index (χ2v) is 5.79. The summed E-state index contributed by atoms with van der Waals surface area (Å²) in [5.41, 5.74) is -0.807. The molecule has 1 aromatic heterocycles. The van der Waals surface area contributed by atoms with Gasteiger partial charge in [-0.3, -0.25) is 4.79 Å². The van der Waals surface area contributed by atoms with Gasteiger partial charge in [-0.2, -0.15) is 13.2 Å². The van der Waals surface area contributed by atoms with Crippen LogP contribution in [0.4, 0.5) is 13.2 Å². The maximum absolute atomic E-state index is 12.9. The summed E-state index contributed by atoms with van der Waals surface area (Å²) in [6, 6.07) is 13.5. The number of benzene rings is 2. The molecular weight excluding hydrogens is 347 g/mol. The van der Waals surface area contributed by atoms with Crippen LogP contribution in [0.15, 0.2) is 59.0 Å². The van der Waals surface area contributed by atoms with Crippen LogP contribution in [0.25, 0.3) is 11.0 Å². The summed E-state index contributed by atoms with van der Waals surface area (Å²) in [5.74, 6) is -0.495.